The molecule has 0 aliphatic rings. The minimum absolute atomic E-state index is 0.0847. The highest BCUT2D eigenvalue weighted by molar-refractivity contribution is 6.30. The van der Waals surface area contributed by atoms with Crippen molar-refractivity contribution in [2.75, 3.05) is 0 Å². The summed E-state index contributed by atoms with van der Waals surface area (Å²) in [5.41, 5.74) is 3.62. The second kappa shape index (κ2) is 6.17. The lowest BCUT2D eigenvalue weighted by molar-refractivity contribution is 0.275. The third-order valence-electron chi connectivity index (χ3n) is 3.16. The molecule has 0 fully saturated rings. The van der Waals surface area contributed by atoms with E-state index in [4.69, 9.17) is 11.6 Å². The van der Waals surface area contributed by atoms with E-state index >= 15 is 0 Å². The first kappa shape index (κ1) is 14.0. The molecule has 0 aliphatic carbocycles. The van der Waals surface area contributed by atoms with Gasteiger partial charge in [-0.1, -0.05) is 36.2 Å². The number of hydrogen-bond acceptors (Lipinski definition) is 3. The Morgan fingerprint density at radius 2 is 2.16 bits per heavy atom. The predicted octanol–water partition coefficient (Wildman–Crippen LogP) is 3.06. The standard InChI is InChI=1S/C14H18ClN3O/c1-3-4-5-13-12(9-19)16-17-18(13)14-8-11(15)7-6-10(14)2/h6-8,19H,3-5,9H2,1-2H3. The van der Waals surface area contributed by atoms with Crippen molar-refractivity contribution < 1.29 is 5.11 Å². The van der Waals surface area contributed by atoms with E-state index in [1.54, 1.807) is 4.68 Å². The zero-order valence-corrected chi connectivity index (χ0v) is 12.0. The summed E-state index contributed by atoms with van der Waals surface area (Å²) >= 11 is 6.05. The van der Waals surface area contributed by atoms with Gasteiger partial charge in [-0.2, -0.15) is 0 Å². The zero-order chi connectivity index (χ0) is 13.8. The third-order valence-corrected chi connectivity index (χ3v) is 3.40. The summed E-state index contributed by atoms with van der Waals surface area (Å²) in [4.78, 5) is 0. The fraction of sp³-hybridized carbons (Fsp3) is 0.429. The second-order valence-electron chi connectivity index (χ2n) is 4.59. The van der Waals surface area contributed by atoms with Crippen molar-refractivity contribution in [2.45, 2.75) is 39.7 Å². The normalized spacial score (nSPS) is 10.9. The Morgan fingerprint density at radius 1 is 1.37 bits per heavy atom. The van der Waals surface area contributed by atoms with Gasteiger partial charge in [-0.15, -0.1) is 5.10 Å². The summed E-state index contributed by atoms with van der Waals surface area (Å²) < 4.78 is 1.79. The van der Waals surface area contributed by atoms with Crippen molar-refractivity contribution in [3.8, 4) is 5.69 Å². The lowest BCUT2D eigenvalue weighted by Gasteiger charge is -2.10. The van der Waals surface area contributed by atoms with Crippen LogP contribution in [0.1, 0.15) is 36.7 Å². The molecule has 102 valence electrons. The van der Waals surface area contributed by atoms with Crippen LogP contribution >= 0.6 is 11.6 Å². The molecule has 2 rings (SSSR count). The van der Waals surface area contributed by atoms with Gasteiger partial charge in [0.25, 0.3) is 0 Å². The molecular formula is C14H18ClN3O. The number of unbranched alkanes of at least 4 members (excludes halogenated alkanes) is 1. The van der Waals surface area contributed by atoms with Crippen LogP contribution in [0.25, 0.3) is 5.69 Å². The lowest BCUT2D eigenvalue weighted by atomic mass is 10.1. The SMILES string of the molecule is CCCCc1c(CO)nnn1-c1cc(Cl)ccc1C. The maximum atomic E-state index is 9.36. The molecule has 0 spiro atoms. The molecule has 0 unspecified atom stereocenters. The van der Waals surface area contributed by atoms with E-state index < -0.39 is 0 Å². The lowest BCUT2D eigenvalue weighted by Crippen LogP contribution is -2.06. The Kier molecular flexibility index (Phi) is 4.56. The van der Waals surface area contributed by atoms with E-state index in [-0.39, 0.29) is 6.61 Å². The molecule has 0 atom stereocenters. The van der Waals surface area contributed by atoms with Crippen LogP contribution in [0.5, 0.6) is 0 Å². The highest BCUT2D eigenvalue weighted by Crippen LogP contribution is 2.22. The van der Waals surface area contributed by atoms with Gasteiger partial charge in [-0.3, -0.25) is 0 Å². The number of hydrogen-bond donors (Lipinski definition) is 1. The van der Waals surface area contributed by atoms with E-state index in [0.29, 0.717) is 10.7 Å². The molecule has 5 heteroatoms. The Morgan fingerprint density at radius 3 is 2.84 bits per heavy atom. The molecule has 1 heterocycles. The molecular weight excluding hydrogens is 262 g/mol. The summed E-state index contributed by atoms with van der Waals surface area (Å²) in [7, 11) is 0. The summed E-state index contributed by atoms with van der Waals surface area (Å²) in [6.07, 6.45) is 2.98. The van der Waals surface area contributed by atoms with Gasteiger partial charge in [0.2, 0.25) is 0 Å². The molecule has 1 aromatic heterocycles. The number of aromatic nitrogens is 3. The molecule has 0 saturated carbocycles. The van der Waals surface area contributed by atoms with Crippen LogP contribution in [-0.4, -0.2) is 20.1 Å². The van der Waals surface area contributed by atoms with Gasteiger partial charge in [-0.25, -0.2) is 4.68 Å². The highest BCUT2D eigenvalue weighted by Gasteiger charge is 2.14. The van der Waals surface area contributed by atoms with Crippen LogP contribution in [0, 0.1) is 6.92 Å². The molecule has 0 amide bonds. The van der Waals surface area contributed by atoms with E-state index in [9.17, 15) is 5.11 Å². The summed E-state index contributed by atoms with van der Waals surface area (Å²) in [5, 5.41) is 18.2. The number of benzene rings is 1. The first-order valence-electron chi connectivity index (χ1n) is 6.48. The molecule has 4 nitrogen and oxygen atoms in total. The van der Waals surface area contributed by atoms with E-state index in [2.05, 4.69) is 17.2 Å². The quantitative estimate of drug-likeness (QED) is 0.915. The van der Waals surface area contributed by atoms with Crippen molar-refractivity contribution in [2.24, 2.45) is 0 Å². The molecule has 1 aromatic carbocycles. The first-order chi connectivity index (χ1) is 9.17. The Bertz CT molecular complexity index is 566. The fourth-order valence-electron chi connectivity index (χ4n) is 2.05. The minimum atomic E-state index is -0.0847. The van der Waals surface area contributed by atoms with Crippen LogP contribution in [0.3, 0.4) is 0 Å². The van der Waals surface area contributed by atoms with Crippen molar-refractivity contribution in [1.29, 1.82) is 0 Å². The Hall–Kier alpha value is -1.39. The molecule has 0 radical (unpaired) electrons. The van der Waals surface area contributed by atoms with E-state index in [1.807, 2.05) is 25.1 Å². The minimum Gasteiger partial charge on any atom is -0.390 e. The number of aliphatic hydroxyl groups is 1. The first-order valence-corrected chi connectivity index (χ1v) is 6.86. The van der Waals surface area contributed by atoms with Crippen molar-refractivity contribution in [1.82, 2.24) is 15.0 Å². The number of halogens is 1. The van der Waals surface area contributed by atoms with Crippen LogP contribution in [0.4, 0.5) is 0 Å². The summed E-state index contributed by atoms with van der Waals surface area (Å²) in [5.74, 6) is 0. The van der Waals surface area contributed by atoms with Gasteiger partial charge < -0.3 is 5.11 Å². The average Bonchev–Trinajstić information content (AvgIpc) is 2.81. The van der Waals surface area contributed by atoms with Crippen molar-refractivity contribution in [3.05, 3.63) is 40.2 Å². The molecule has 19 heavy (non-hydrogen) atoms. The van der Waals surface area contributed by atoms with Crippen molar-refractivity contribution in [3.63, 3.8) is 0 Å². The van der Waals surface area contributed by atoms with Gasteiger partial charge in [0.1, 0.15) is 5.69 Å². The van der Waals surface area contributed by atoms with Gasteiger partial charge >= 0.3 is 0 Å². The van der Waals surface area contributed by atoms with Crippen LogP contribution < -0.4 is 0 Å². The maximum absolute atomic E-state index is 9.36. The van der Waals surface area contributed by atoms with E-state index in [0.717, 1.165) is 36.2 Å². The fourth-order valence-corrected chi connectivity index (χ4v) is 2.22. The van der Waals surface area contributed by atoms with Gasteiger partial charge in [0.15, 0.2) is 0 Å². The Balaban J connectivity index is 2.49. The smallest absolute Gasteiger partial charge is 0.112 e. The molecule has 0 aliphatic heterocycles. The Labute approximate surface area is 118 Å². The predicted molar refractivity (Wildman–Crippen MR) is 75.6 cm³/mol. The number of aliphatic hydroxyl groups excluding tert-OH is 1. The largest absolute Gasteiger partial charge is 0.390 e. The van der Waals surface area contributed by atoms with Gasteiger partial charge in [0.05, 0.1) is 18.0 Å². The number of rotatable bonds is 5. The molecule has 1 N–H and O–H groups in total. The van der Waals surface area contributed by atoms with E-state index in [1.165, 1.54) is 0 Å². The topological polar surface area (TPSA) is 50.9 Å². The maximum Gasteiger partial charge on any atom is 0.112 e. The molecule has 2 aromatic rings. The van der Waals surface area contributed by atoms with Crippen LogP contribution in [0.2, 0.25) is 5.02 Å². The molecule has 0 bridgehead atoms. The summed E-state index contributed by atoms with van der Waals surface area (Å²) in [6.45, 7) is 4.06. The van der Waals surface area contributed by atoms with Gasteiger partial charge in [-0.05, 0) is 37.5 Å². The second-order valence-corrected chi connectivity index (χ2v) is 5.02. The average molecular weight is 280 g/mol. The van der Waals surface area contributed by atoms with Crippen LogP contribution in [-0.2, 0) is 13.0 Å². The number of aryl methyl sites for hydroxylation is 1. The monoisotopic (exact) mass is 279 g/mol. The van der Waals surface area contributed by atoms with Gasteiger partial charge in [0, 0.05) is 5.02 Å². The van der Waals surface area contributed by atoms with Crippen molar-refractivity contribution >= 4 is 11.6 Å². The molecule has 0 saturated heterocycles. The zero-order valence-electron chi connectivity index (χ0n) is 11.2. The highest BCUT2D eigenvalue weighted by atomic mass is 35.5. The summed E-state index contributed by atoms with van der Waals surface area (Å²) in [6, 6.07) is 5.69. The number of nitrogens with zero attached hydrogens (tertiary/aromatic N) is 3. The third kappa shape index (κ3) is 2.96. The van der Waals surface area contributed by atoms with Crippen LogP contribution in [0.15, 0.2) is 18.2 Å².